The predicted molar refractivity (Wildman–Crippen MR) is 67.7 cm³/mol. The van der Waals surface area contributed by atoms with Gasteiger partial charge >= 0.3 is 0 Å². The molecular formula is C13H19N3. The Hall–Kier alpha value is -1.35. The van der Waals surface area contributed by atoms with Crippen LogP contribution in [0, 0.1) is 6.92 Å². The number of rotatable bonds is 4. The van der Waals surface area contributed by atoms with Crippen molar-refractivity contribution in [3.05, 3.63) is 29.7 Å². The Morgan fingerprint density at radius 1 is 1.44 bits per heavy atom. The van der Waals surface area contributed by atoms with Crippen LogP contribution in [0.15, 0.2) is 18.5 Å². The summed E-state index contributed by atoms with van der Waals surface area (Å²) in [6.45, 7) is 6.45. The average Bonchev–Trinajstić information content (AvgIpc) is 2.70. The first-order valence-electron chi connectivity index (χ1n) is 5.82. The minimum atomic E-state index is 1.08. The minimum absolute atomic E-state index is 1.08. The number of nitrogens with one attached hydrogen (secondary N) is 1. The van der Waals surface area contributed by atoms with Gasteiger partial charge in [-0.2, -0.15) is 0 Å². The van der Waals surface area contributed by atoms with Crippen LogP contribution in [0.1, 0.15) is 18.2 Å². The first-order chi connectivity index (χ1) is 7.72. The van der Waals surface area contributed by atoms with Gasteiger partial charge in [-0.1, -0.05) is 6.92 Å². The minimum Gasteiger partial charge on any atom is -0.361 e. The van der Waals surface area contributed by atoms with Crippen molar-refractivity contribution in [3.63, 3.8) is 0 Å². The number of H-pyrrole nitrogens is 1. The van der Waals surface area contributed by atoms with E-state index in [2.05, 4.69) is 42.0 Å². The molecular weight excluding hydrogens is 198 g/mol. The lowest BCUT2D eigenvalue weighted by atomic mass is 10.1. The molecule has 3 heteroatoms. The van der Waals surface area contributed by atoms with Gasteiger partial charge in [-0.25, -0.2) is 0 Å². The molecule has 2 aromatic heterocycles. The van der Waals surface area contributed by atoms with E-state index in [1.807, 2.05) is 12.3 Å². The fourth-order valence-electron chi connectivity index (χ4n) is 2.00. The molecule has 0 unspecified atom stereocenters. The van der Waals surface area contributed by atoms with Gasteiger partial charge in [0.05, 0.1) is 0 Å². The maximum Gasteiger partial charge on any atom is 0.0490 e. The fraction of sp³-hybridized carbons (Fsp3) is 0.462. The normalized spacial score (nSPS) is 11.5. The van der Waals surface area contributed by atoms with Crippen LogP contribution in [0.5, 0.6) is 0 Å². The number of aromatic amines is 1. The summed E-state index contributed by atoms with van der Waals surface area (Å²) in [4.78, 5) is 9.99. The number of likely N-dealkylation sites (N-methyl/N-ethyl adjacent to an activating group) is 1. The van der Waals surface area contributed by atoms with Crippen LogP contribution < -0.4 is 0 Å². The van der Waals surface area contributed by atoms with Crippen molar-refractivity contribution in [2.24, 2.45) is 0 Å². The van der Waals surface area contributed by atoms with E-state index in [0.29, 0.717) is 0 Å². The zero-order valence-corrected chi connectivity index (χ0v) is 10.2. The number of fused-ring (bicyclic) bond motifs is 1. The van der Waals surface area contributed by atoms with E-state index in [0.717, 1.165) is 25.2 Å². The van der Waals surface area contributed by atoms with Crippen LogP contribution in [-0.2, 0) is 6.42 Å². The summed E-state index contributed by atoms with van der Waals surface area (Å²) in [6.07, 6.45) is 5.05. The summed E-state index contributed by atoms with van der Waals surface area (Å²) in [5.41, 5.74) is 3.69. The van der Waals surface area contributed by atoms with E-state index >= 15 is 0 Å². The maximum absolute atomic E-state index is 4.35. The number of nitrogens with zero attached hydrogens (tertiary/aromatic N) is 2. The van der Waals surface area contributed by atoms with Crippen molar-refractivity contribution in [1.29, 1.82) is 0 Å². The Balaban J connectivity index is 2.24. The molecule has 2 heterocycles. The number of aromatic nitrogens is 2. The van der Waals surface area contributed by atoms with E-state index in [-0.39, 0.29) is 0 Å². The zero-order chi connectivity index (χ0) is 11.5. The second-order valence-corrected chi connectivity index (χ2v) is 4.28. The predicted octanol–water partition coefficient (Wildman–Crippen LogP) is 2.37. The van der Waals surface area contributed by atoms with E-state index in [9.17, 15) is 0 Å². The second kappa shape index (κ2) is 4.66. The van der Waals surface area contributed by atoms with Crippen molar-refractivity contribution in [1.82, 2.24) is 14.9 Å². The highest BCUT2D eigenvalue weighted by atomic mass is 15.1. The van der Waals surface area contributed by atoms with Crippen molar-refractivity contribution in [2.75, 3.05) is 20.1 Å². The summed E-state index contributed by atoms with van der Waals surface area (Å²) in [5.74, 6) is 0. The molecule has 0 aliphatic carbocycles. The Morgan fingerprint density at radius 2 is 2.25 bits per heavy atom. The van der Waals surface area contributed by atoms with Gasteiger partial charge in [-0.15, -0.1) is 0 Å². The Morgan fingerprint density at radius 3 is 3.00 bits per heavy atom. The van der Waals surface area contributed by atoms with Crippen LogP contribution in [0.25, 0.3) is 10.9 Å². The molecule has 0 fully saturated rings. The molecule has 0 aliphatic rings. The van der Waals surface area contributed by atoms with E-state index in [1.54, 1.807) is 0 Å². The van der Waals surface area contributed by atoms with Crippen LogP contribution in [0.4, 0.5) is 0 Å². The first-order valence-corrected chi connectivity index (χ1v) is 5.82. The third kappa shape index (κ3) is 2.09. The maximum atomic E-state index is 4.35. The SMILES string of the molecule is CCN(C)CCc1c[nH]c2ccnc(C)c12. The molecule has 0 saturated heterocycles. The molecule has 0 radical (unpaired) electrons. The summed E-state index contributed by atoms with van der Waals surface area (Å²) in [5, 5.41) is 1.30. The van der Waals surface area contributed by atoms with Gasteiger partial charge in [0.25, 0.3) is 0 Å². The number of aryl methyl sites for hydroxylation is 1. The lowest BCUT2D eigenvalue weighted by Crippen LogP contribution is -2.20. The Bertz CT molecular complexity index is 473. The molecule has 1 N–H and O–H groups in total. The van der Waals surface area contributed by atoms with E-state index < -0.39 is 0 Å². The summed E-state index contributed by atoms with van der Waals surface area (Å²) in [7, 11) is 2.15. The monoisotopic (exact) mass is 217 g/mol. The quantitative estimate of drug-likeness (QED) is 0.852. The van der Waals surface area contributed by atoms with Crippen molar-refractivity contribution >= 4 is 10.9 Å². The Labute approximate surface area is 96.5 Å². The van der Waals surface area contributed by atoms with Crippen LogP contribution in [0.2, 0.25) is 0 Å². The van der Waals surface area contributed by atoms with Crippen molar-refractivity contribution in [2.45, 2.75) is 20.3 Å². The zero-order valence-electron chi connectivity index (χ0n) is 10.2. The summed E-state index contributed by atoms with van der Waals surface area (Å²) >= 11 is 0. The number of hydrogen-bond donors (Lipinski definition) is 1. The lowest BCUT2D eigenvalue weighted by Gasteiger charge is -2.12. The molecule has 2 aromatic rings. The smallest absolute Gasteiger partial charge is 0.0490 e. The second-order valence-electron chi connectivity index (χ2n) is 4.28. The molecule has 0 bridgehead atoms. The molecule has 0 atom stereocenters. The van der Waals surface area contributed by atoms with Gasteiger partial charge in [-0.3, -0.25) is 4.98 Å². The third-order valence-corrected chi connectivity index (χ3v) is 3.17. The van der Waals surface area contributed by atoms with Crippen molar-refractivity contribution in [3.8, 4) is 0 Å². The molecule has 0 aromatic carbocycles. The highest BCUT2D eigenvalue weighted by molar-refractivity contribution is 5.85. The standard InChI is InChI=1S/C13H19N3/c1-4-16(3)8-6-11-9-15-12-5-7-14-10(2)13(11)12/h5,7,9,15H,4,6,8H2,1-3H3. The molecule has 0 spiro atoms. The van der Waals surface area contributed by atoms with E-state index in [1.165, 1.54) is 16.5 Å². The van der Waals surface area contributed by atoms with Crippen LogP contribution >= 0.6 is 0 Å². The summed E-state index contributed by atoms with van der Waals surface area (Å²) < 4.78 is 0. The van der Waals surface area contributed by atoms with Gasteiger partial charge in [0, 0.05) is 35.5 Å². The molecule has 0 aliphatic heterocycles. The Kier molecular flexibility index (Phi) is 3.25. The van der Waals surface area contributed by atoms with Gasteiger partial charge in [0.15, 0.2) is 0 Å². The van der Waals surface area contributed by atoms with Crippen LogP contribution in [0.3, 0.4) is 0 Å². The fourth-order valence-corrected chi connectivity index (χ4v) is 2.00. The number of pyridine rings is 1. The largest absolute Gasteiger partial charge is 0.361 e. The van der Waals surface area contributed by atoms with E-state index in [4.69, 9.17) is 0 Å². The molecule has 16 heavy (non-hydrogen) atoms. The van der Waals surface area contributed by atoms with Gasteiger partial charge in [-0.05, 0) is 38.6 Å². The first kappa shape index (κ1) is 11.1. The molecule has 0 amide bonds. The van der Waals surface area contributed by atoms with Gasteiger partial charge in [0.2, 0.25) is 0 Å². The lowest BCUT2D eigenvalue weighted by molar-refractivity contribution is 0.358. The summed E-state index contributed by atoms with van der Waals surface area (Å²) in [6, 6.07) is 2.04. The number of hydrogen-bond acceptors (Lipinski definition) is 2. The van der Waals surface area contributed by atoms with Crippen molar-refractivity contribution < 1.29 is 0 Å². The highest BCUT2D eigenvalue weighted by Gasteiger charge is 2.07. The topological polar surface area (TPSA) is 31.9 Å². The molecule has 3 nitrogen and oxygen atoms in total. The molecule has 2 rings (SSSR count). The molecule has 86 valence electrons. The highest BCUT2D eigenvalue weighted by Crippen LogP contribution is 2.20. The molecule has 0 saturated carbocycles. The third-order valence-electron chi connectivity index (χ3n) is 3.17. The van der Waals surface area contributed by atoms with Gasteiger partial charge in [0.1, 0.15) is 0 Å². The van der Waals surface area contributed by atoms with Gasteiger partial charge < -0.3 is 9.88 Å². The van der Waals surface area contributed by atoms with Crippen LogP contribution in [-0.4, -0.2) is 35.0 Å². The average molecular weight is 217 g/mol.